The van der Waals surface area contributed by atoms with E-state index < -0.39 is 5.97 Å². The summed E-state index contributed by atoms with van der Waals surface area (Å²) in [5.74, 6) is -0.655. The number of rotatable bonds is 8. The molecular weight excluding hydrogens is 384 g/mol. The Kier molecular flexibility index (Phi) is 8.22. The van der Waals surface area contributed by atoms with Crippen LogP contribution < -0.4 is 10.6 Å². The van der Waals surface area contributed by atoms with Gasteiger partial charge in [-0.1, -0.05) is 30.3 Å². The number of thiocarbonyl (C=S) groups is 1. The third kappa shape index (κ3) is 6.33. The fourth-order valence-electron chi connectivity index (χ4n) is 2.27. The van der Waals surface area contributed by atoms with Crippen LogP contribution in [0.4, 0.5) is 5.00 Å². The lowest BCUT2D eigenvalue weighted by atomic mass is 10.1. The number of ether oxygens (including phenoxy) is 2. The lowest BCUT2D eigenvalue weighted by Gasteiger charge is -2.10. The summed E-state index contributed by atoms with van der Waals surface area (Å²) in [6.45, 7) is 2.58. The number of esters is 2. The minimum atomic E-state index is -0.396. The van der Waals surface area contributed by atoms with E-state index in [4.69, 9.17) is 17.0 Å². The molecule has 0 saturated heterocycles. The zero-order valence-corrected chi connectivity index (χ0v) is 16.9. The molecular formula is C19H22N2O4S2. The van der Waals surface area contributed by atoms with E-state index in [1.165, 1.54) is 18.4 Å². The van der Waals surface area contributed by atoms with Gasteiger partial charge in [-0.15, -0.1) is 11.3 Å². The largest absolute Gasteiger partial charge is 0.469 e. The second-order valence-electron chi connectivity index (χ2n) is 5.50. The molecule has 1 aromatic carbocycles. The molecule has 1 heterocycles. The van der Waals surface area contributed by atoms with Gasteiger partial charge in [-0.05, 0) is 37.2 Å². The Morgan fingerprint density at radius 1 is 1.22 bits per heavy atom. The fraction of sp³-hybridized carbons (Fsp3) is 0.316. The van der Waals surface area contributed by atoms with E-state index in [-0.39, 0.29) is 5.97 Å². The topological polar surface area (TPSA) is 76.7 Å². The number of benzene rings is 1. The van der Waals surface area contributed by atoms with Crippen LogP contribution in [0.5, 0.6) is 0 Å². The number of carbonyl (C=O) groups is 2. The third-order valence-corrected chi connectivity index (χ3v) is 4.93. The summed E-state index contributed by atoms with van der Waals surface area (Å²) >= 11 is 6.73. The van der Waals surface area contributed by atoms with Crippen LogP contribution in [0.1, 0.15) is 30.1 Å². The molecule has 8 heteroatoms. The maximum atomic E-state index is 12.3. The molecule has 2 rings (SSSR count). The van der Waals surface area contributed by atoms with Crippen LogP contribution in [0.3, 0.4) is 0 Å². The third-order valence-electron chi connectivity index (χ3n) is 3.58. The molecule has 0 spiro atoms. The van der Waals surface area contributed by atoms with Gasteiger partial charge < -0.3 is 20.1 Å². The number of anilines is 1. The first-order chi connectivity index (χ1) is 13.0. The lowest BCUT2D eigenvalue weighted by Crippen LogP contribution is -2.29. The molecule has 2 N–H and O–H groups in total. The maximum Gasteiger partial charge on any atom is 0.341 e. The number of thiophene rings is 1. The van der Waals surface area contributed by atoms with Crippen molar-refractivity contribution in [1.82, 2.24) is 5.32 Å². The van der Waals surface area contributed by atoms with Crippen molar-refractivity contribution >= 4 is 45.6 Å². The molecule has 0 aliphatic heterocycles. The highest BCUT2D eigenvalue weighted by molar-refractivity contribution is 7.80. The SMILES string of the molecule is CCOC(=O)c1cc(-c2ccccc2)sc1NC(=S)NCCCC(=O)OC. The Bertz CT molecular complexity index is 790. The first-order valence-corrected chi connectivity index (χ1v) is 9.75. The molecule has 0 amide bonds. The Morgan fingerprint density at radius 3 is 2.63 bits per heavy atom. The van der Waals surface area contributed by atoms with Crippen LogP contribution >= 0.6 is 23.6 Å². The molecule has 0 aliphatic carbocycles. The molecule has 0 saturated carbocycles. The Labute approximate surface area is 167 Å². The fourth-order valence-corrected chi connectivity index (χ4v) is 3.60. The van der Waals surface area contributed by atoms with Crippen LogP contribution in [-0.2, 0) is 14.3 Å². The molecule has 0 unspecified atom stereocenters. The van der Waals surface area contributed by atoms with Crippen molar-refractivity contribution in [2.75, 3.05) is 25.6 Å². The average molecular weight is 407 g/mol. The molecule has 6 nitrogen and oxygen atoms in total. The van der Waals surface area contributed by atoms with Crippen molar-refractivity contribution in [3.63, 3.8) is 0 Å². The van der Waals surface area contributed by atoms with E-state index in [9.17, 15) is 9.59 Å². The summed E-state index contributed by atoms with van der Waals surface area (Å²) in [4.78, 5) is 24.3. The van der Waals surface area contributed by atoms with E-state index in [2.05, 4.69) is 15.4 Å². The van der Waals surface area contributed by atoms with Gasteiger partial charge in [-0.3, -0.25) is 4.79 Å². The van der Waals surface area contributed by atoms with Gasteiger partial charge in [0.1, 0.15) is 5.00 Å². The molecule has 0 atom stereocenters. The van der Waals surface area contributed by atoms with Crippen molar-refractivity contribution in [3.05, 3.63) is 42.0 Å². The maximum absolute atomic E-state index is 12.3. The zero-order valence-electron chi connectivity index (χ0n) is 15.2. The summed E-state index contributed by atoms with van der Waals surface area (Å²) in [6, 6.07) is 11.6. The number of nitrogens with one attached hydrogen (secondary N) is 2. The van der Waals surface area contributed by atoms with Gasteiger partial charge >= 0.3 is 11.9 Å². The molecule has 0 radical (unpaired) electrons. The second-order valence-corrected chi connectivity index (χ2v) is 6.96. The summed E-state index contributed by atoms with van der Waals surface area (Å²) < 4.78 is 9.75. The van der Waals surface area contributed by atoms with Gasteiger partial charge in [0, 0.05) is 17.8 Å². The summed E-state index contributed by atoms with van der Waals surface area (Å²) in [7, 11) is 1.36. The molecule has 144 valence electrons. The van der Waals surface area contributed by atoms with Crippen LogP contribution in [0.25, 0.3) is 10.4 Å². The molecule has 27 heavy (non-hydrogen) atoms. The highest BCUT2D eigenvalue weighted by Crippen LogP contribution is 2.35. The Hall–Kier alpha value is -2.45. The van der Waals surface area contributed by atoms with Crippen LogP contribution in [0, 0.1) is 0 Å². The second kappa shape index (κ2) is 10.6. The van der Waals surface area contributed by atoms with Crippen LogP contribution in [0.2, 0.25) is 0 Å². The standard InChI is InChI=1S/C19H22N2O4S2/c1-3-25-18(23)14-12-15(13-8-5-4-6-9-13)27-17(14)21-19(26)20-11-7-10-16(22)24-2/h4-6,8-9,12H,3,7,10-11H2,1-2H3,(H2,20,21,26). The number of hydrogen-bond acceptors (Lipinski definition) is 6. The zero-order chi connectivity index (χ0) is 19.6. The van der Waals surface area contributed by atoms with E-state index in [0.717, 1.165) is 10.4 Å². The highest BCUT2D eigenvalue weighted by Gasteiger charge is 2.19. The van der Waals surface area contributed by atoms with Gasteiger partial charge in [0.2, 0.25) is 0 Å². The van der Waals surface area contributed by atoms with E-state index in [1.807, 2.05) is 30.3 Å². The molecule has 0 fully saturated rings. The first-order valence-electron chi connectivity index (χ1n) is 8.53. The van der Waals surface area contributed by atoms with Gasteiger partial charge in [-0.2, -0.15) is 0 Å². The monoisotopic (exact) mass is 406 g/mol. The quantitative estimate of drug-likeness (QED) is 0.392. The number of hydrogen-bond donors (Lipinski definition) is 2. The minimum absolute atomic E-state index is 0.258. The van der Waals surface area contributed by atoms with Gasteiger partial charge in [0.25, 0.3) is 0 Å². The van der Waals surface area contributed by atoms with Crippen molar-refractivity contribution < 1.29 is 19.1 Å². The minimum Gasteiger partial charge on any atom is -0.469 e. The molecule has 0 aliphatic rings. The highest BCUT2D eigenvalue weighted by atomic mass is 32.1. The molecule has 1 aromatic heterocycles. The number of carbonyl (C=O) groups excluding carboxylic acids is 2. The summed E-state index contributed by atoms with van der Waals surface area (Å²) in [6.07, 6.45) is 0.913. The average Bonchev–Trinajstić information content (AvgIpc) is 3.09. The molecule has 2 aromatic rings. The van der Waals surface area contributed by atoms with Crippen molar-refractivity contribution in [2.45, 2.75) is 19.8 Å². The van der Waals surface area contributed by atoms with Gasteiger partial charge in [0.05, 0.1) is 19.3 Å². The van der Waals surface area contributed by atoms with Crippen LogP contribution in [0.15, 0.2) is 36.4 Å². The van der Waals surface area contributed by atoms with Gasteiger partial charge in [-0.25, -0.2) is 4.79 Å². The first kappa shape index (κ1) is 20.9. The Balaban J connectivity index is 2.07. The lowest BCUT2D eigenvalue weighted by molar-refractivity contribution is -0.140. The van der Waals surface area contributed by atoms with Gasteiger partial charge in [0.15, 0.2) is 5.11 Å². The Morgan fingerprint density at radius 2 is 1.96 bits per heavy atom. The summed E-state index contributed by atoms with van der Waals surface area (Å²) in [5.41, 5.74) is 1.46. The predicted molar refractivity (Wildman–Crippen MR) is 111 cm³/mol. The molecule has 0 bridgehead atoms. The van der Waals surface area contributed by atoms with Crippen molar-refractivity contribution in [1.29, 1.82) is 0 Å². The number of methoxy groups -OCH3 is 1. The van der Waals surface area contributed by atoms with Crippen molar-refractivity contribution in [3.8, 4) is 10.4 Å². The predicted octanol–water partition coefficient (Wildman–Crippen LogP) is 3.83. The normalized spacial score (nSPS) is 10.1. The summed E-state index contributed by atoms with van der Waals surface area (Å²) in [5, 5.41) is 7.09. The van der Waals surface area contributed by atoms with E-state index >= 15 is 0 Å². The van der Waals surface area contributed by atoms with Crippen molar-refractivity contribution in [2.24, 2.45) is 0 Å². The van der Waals surface area contributed by atoms with E-state index in [0.29, 0.717) is 41.7 Å². The smallest absolute Gasteiger partial charge is 0.341 e. The van der Waals surface area contributed by atoms with E-state index in [1.54, 1.807) is 13.0 Å². The van der Waals surface area contributed by atoms with Crippen LogP contribution in [-0.4, -0.2) is 37.3 Å².